The van der Waals surface area contributed by atoms with E-state index in [1.54, 1.807) is 16.7 Å². The van der Waals surface area contributed by atoms with Gasteiger partial charge in [0.2, 0.25) is 11.8 Å². The van der Waals surface area contributed by atoms with E-state index in [1.165, 1.54) is 5.56 Å². The topological polar surface area (TPSA) is 66.6 Å². The summed E-state index contributed by atoms with van der Waals surface area (Å²) in [7, 11) is 0. The maximum atomic E-state index is 12.7. The molecule has 5 nitrogen and oxygen atoms in total. The van der Waals surface area contributed by atoms with E-state index in [1.807, 2.05) is 47.4 Å². The summed E-state index contributed by atoms with van der Waals surface area (Å²) < 4.78 is 0. The average molecular weight is 434 g/mol. The van der Waals surface area contributed by atoms with Gasteiger partial charge in [0.1, 0.15) is 0 Å². The number of thioether (sulfide) groups is 1. The molecule has 2 N–H and O–H groups in total. The van der Waals surface area contributed by atoms with Crippen molar-refractivity contribution in [2.75, 3.05) is 36.8 Å². The highest BCUT2D eigenvalue weighted by molar-refractivity contribution is 7.99. The minimum absolute atomic E-state index is 0. The number of hydrogen-bond acceptors (Lipinski definition) is 4. The molecular formula is C22H28ClN3O2S. The van der Waals surface area contributed by atoms with Gasteiger partial charge in [0.05, 0.1) is 5.69 Å². The molecule has 0 radical (unpaired) electrons. The molecule has 2 amide bonds. The number of fused-ring (bicyclic) bond motifs is 1. The Labute approximate surface area is 183 Å². The van der Waals surface area contributed by atoms with Gasteiger partial charge in [-0.3, -0.25) is 9.59 Å². The standard InChI is InChI=1S/C22H27N3O2S.ClH/c23-13-15-24(14-12-18-6-2-1-3-7-18)21(26)10-11-22(27)25-16-17-28-20-9-5-4-8-19(20)25;/h1-9H,10-17,23H2;1H. The van der Waals surface area contributed by atoms with E-state index in [0.29, 0.717) is 26.2 Å². The lowest BCUT2D eigenvalue weighted by molar-refractivity contribution is -0.133. The zero-order valence-electron chi connectivity index (χ0n) is 16.5. The predicted molar refractivity (Wildman–Crippen MR) is 122 cm³/mol. The maximum absolute atomic E-state index is 12.7. The van der Waals surface area contributed by atoms with Gasteiger partial charge in [-0.25, -0.2) is 0 Å². The van der Waals surface area contributed by atoms with Crippen molar-refractivity contribution in [2.45, 2.75) is 24.2 Å². The molecule has 156 valence electrons. The Balaban J connectivity index is 0.00000300. The van der Waals surface area contributed by atoms with Crippen LogP contribution in [0.5, 0.6) is 0 Å². The second-order valence-corrected chi connectivity index (χ2v) is 7.90. The van der Waals surface area contributed by atoms with Crippen LogP contribution in [0.25, 0.3) is 0 Å². The average Bonchev–Trinajstić information content (AvgIpc) is 2.75. The number of amides is 2. The smallest absolute Gasteiger partial charge is 0.227 e. The molecule has 1 aliphatic rings. The number of anilines is 1. The van der Waals surface area contributed by atoms with Crippen LogP contribution in [0.15, 0.2) is 59.5 Å². The molecule has 0 bridgehead atoms. The van der Waals surface area contributed by atoms with Gasteiger partial charge in [0.15, 0.2) is 0 Å². The molecular weight excluding hydrogens is 406 g/mol. The van der Waals surface area contributed by atoms with Crippen molar-refractivity contribution in [3.63, 3.8) is 0 Å². The number of carbonyl (C=O) groups is 2. The third kappa shape index (κ3) is 6.49. The van der Waals surface area contributed by atoms with Gasteiger partial charge in [-0.05, 0) is 24.1 Å². The fraction of sp³-hybridized carbons (Fsp3) is 0.364. The third-order valence-electron chi connectivity index (χ3n) is 4.85. The van der Waals surface area contributed by atoms with Gasteiger partial charge in [-0.2, -0.15) is 0 Å². The number of halogens is 1. The Morgan fingerprint density at radius 2 is 1.72 bits per heavy atom. The van der Waals surface area contributed by atoms with E-state index in [2.05, 4.69) is 12.1 Å². The molecule has 0 saturated heterocycles. The molecule has 7 heteroatoms. The van der Waals surface area contributed by atoms with Gasteiger partial charge in [-0.15, -0.1) is 24.2 Å². The largest absolute Gasteiger partial charge is 0.341 e. The summed E-state index contributed by atoms with van der Waals surface area (Å²) in [4.78, 5) is 30.1. The van der Waals surface area contributed by atoms with Crippen molar-refractivity contribution in [1.82, 2.24) is 4.90 Å². The normalized spacial score (nSPS) is 12.7. The monoisotopic (exact) mass is 433 g/mol. The Hall–Kier alpha value is -2.02. The minimum atomic E-state index is -0.00518. The summed E-state index contributed by atoms with van der Waals surface area (Å²) in [6.07, 6.45) is 1.24. The number of para-hydroxylation sites is 1. The zero-order valence-corrected chi connectivity index (χ0v) is 18.1. The Kier molecular flexibility index (Phi) is 9.51. The number of rotatable bonds is 8. The molecule has 29 heavy (non-hydrogen) atoms. The fourth-order valence-corrected chi connectivity index (χ4v) is 4.36. The summed E-state index contributed by atoms with van der Waals surface area (Å²) in [5.41, 5.74) is 7.84. The van der Waals surface area contributed by atoms with E-state index in [4.69, 9.17) is 5.73 Å². The lowest BCUT2D eigenvalue weighted by Crippen LogP contribution is -2.39. The first-order chi connectivity index (χ1) is 13.7. The highest BCUT2D eigenvalue weighted by Gasteiger charge is 2.23. The molecule has 0 fully saturated rings. The zero-order chi connectivity index (χ0) is 19.8. The summed E-state index contributed by atoms with van der Waals surface area (Å²) in [6.45, 7) is 2.25. The van der Waals surface area contributed by atoms with Gasteiger partial charge < -0.3 is 15.5 Å². The van der Waals surface area contributed by atoms with Gasteiger partial charge >= 0.3 is 0 Å². The molecule has 0 aliphatic carbocycles. The van der Waals surface area contributed by atoms with Crippen molar-refractivity contribution in [3.05, 3.63) is 60.2 Å². The molecule has 3 rings (SSSR count). The highest BCUT2D eigenvalue weighted by atomic mass is 35.5. The van der Waals surface area contributed by atoms with E-state index in [-0.39, 0.29) is 37.1 Å². The van der Waals surface area contributed by atoms with Crippen LogP contribution in [0.4, 0.5) is 5.69 Å². The van der Waals surface area contributed by atoms with Crippen LogP contribution < -0.4 is 10.6 Å². The van der Waals surface area contributed by atoms with Crippen molar-refractivity contribution in [2.24, 2.45) is 5.73 Å². The SMILES string of the molecule is Cl.NCCN(CCc1ccccc1)C(=O)CCC(=O)N1CCSc2ccccc21. The lowest BCUT2D eigenvalue weighted by Gasteiger charge is -2.29. The number of carbonyl (C=O) groups excluding carboxylic acids is 2. The second-order valence-electron chi connectivity index (χ2n) is 6.77. The number of nitrogens with two attached hydrogens (primary N) is 1. The second kappa shape index (κ2) is 11.9. The van der Waals surface area contributed by atoms with Crippen LogP contribution in [-0.4, -0.2) is 48.6 Å². The molecule has 2 aromatic rings. The Bertz CT molecular complexity index is 804. The van der Waals surface area contributed by atoms with E-state index in [9.17, 15) is 9.59 Å². The molecule has 0 unspecified atom stereocenters. The molecule has 0 atom stereocenters. The fourth-order valence-electron chi connectivity index (χ4n) is 3.36. The van der Waals surface area contributed by atoms with Crippen LogP contribution in [0.3, 0.4) is 0 Å². The molecule has 0 spiro atoms. The summed E-state index contributed by atoms with van der Waals surface area (Å²) >= 11 is 1.77. The lowest BCUT2D eigenvalue weighted by atomic mass is 10.1. The van der Waals surface area contributed by atoms with Crippen LogP contribution in [0, 0.1) is 0 Å². The number of benzene rings is 2. The highest BCUT2D eigenvalue weighted by Crippen LogP contribution is 2.34. The Morgan fingerprint density at radius 1 is 1.00 bits per heavy atom. The van der Waals surface area contributed by atoms with E-state index >= 15 is 0 Å². The first-order valence-electron chi connectivity index (χ1n) is 9.73. The van der Waals surface area contributed by atoms with Crippen LogP contribution >= 0.6 is 24.2 Å². The summed E-state index contributed by atoms with van der Waals surface area (Å²) in [6, 6.07) is 18.0. The first kappa shape index (κ1) is 23.3. The number of hydrogen-bond donors (Lipinski definition) is 1. The third-order valence-corrected chi connectivity index (χ3v) is 5.89. The van der Waals surface area contributed by atoms with Gasteiger partial charge in [0, 0.05) is 49.7 Å². The van der Waals surface area contributed by atoms with E-state index in [0.717, 1.165) is 22.8 Å². The molecule has 1 heterocycles. The minimum Gasteiger partial charge on any atom is -0.341 e. The Morgan fingerprint density at radius 3 is 2.48 bits per heavy atom. The number of nitrogens with zero attached hydrogens (tertiary/aromatic N) is 2. The predicted octanol–water partition coefficient (Wildman–Crippen LogP) is 3.36. The van der Waals surface area contributed by atoms with Gasteiger partial charge in [0.25, 0.3) is 0 Å². The summed E-state index contributed by atoms with van der Waals surface area (Å²) in [5.74, 6) is 0.888. The maximum Gasteiger partial charge on any atom is 0.227 e. The molecule has 2 aromatic carbocycles. The van der Waals surface area contributed by atoms with Crippen LogP contribution in [0.1, 0.15) is 18.4 Å². The van der Waals surface area contributed by atoms with Crippen LogP contribution in [0.2, 0.25) is 0 Å². The molecule has 1 aliphatic heterocycles. The molecule has 0 saturated carbocycles. The quantitative estimate of drug-likeness (QED) is 0.693. The van der Waals surface area contributed by atoms with Crippen molar-refractivity contribution in [3.8, 4) is 0 Å². The van der Waals surface area contributed by atoms with Crippen molar-refractivity contribution in [1.29, 1.82) is 0 Å². The van der Waals surface area contributed by atoms with Crippen molar-refractivity contribution < 1.29 is 9.59 Å². The summed E-state index contributed by atoms with van der Waals surface area (Å²) in [5, 5.41) is 0. The first-order valence-corrected chi connectivity index (χ1v) is 10.7. The molecule has 0 aromatic heterocycles. The van der Waals surface area contributed by atoms with Crippen molar-refractivity contribution >= 4 is 41.7 Å². The van der Waals surface area contributed by atoms with E-state index < -0.39 is 0 Å². The van der Waals surface area contributed by atoms with Crippen LogP contribution in [-0.2, 0) is 16.0 Å². The van der Waals surface area contributed by atoms with Gasteiger partial charge in [-0.1, -0.05) is 42.5 Å².